The van der Waals surface area contributed by atoms with Gasteiger partial charge in [-0.2, -0.15) is 4.98 Å². The zero-order valence-corrected chi connectivity index (χ0v) is 7.37. The lowest BCUT2D eigenvalue weighted by Gasteiger charge is -2.00. The Kier molecular flexibility index (Phi) is 2.50. The van der Waals surface area contributed by atoms with E-state index < -0.39 is 0 Å². The van der Waals surface area contributed by atoms with Crippen LogP contribution in [0.3, 0.4) is 0 Å². The molecule has 2 aromatic heterocycles. The Morgan fingerprint density at radius 2 is 2.43 bits per heavy atom. The van der Waals surface area contributed by atoms with Gasteiger partial charge in [-0.3, -0.25) is 0 Å². The van der Waals surface area contributed by atoms with E-state index in [0.717, 1.165) is 0 Å². The minimum absolute atomic E-state index is 0.119. The summed E-state index contributed by atoms with van der Waals surface area (Å²) in [6, 6.07) is 0. The quantitative estimate of drug-likeness (QED) is 0.700. The molecule has 14 heavy (non-hydrogen) atoms. The van der Waals surface area contributed by atoms with Gasteiger partial charge >= 0.3 is 0 Å². The van der Waals surface area contributed by atoms with Crippen LogP contribution in [0.15, 0.2) is 17.2 Å². The van der Waals surface area contributed by atoms with Crippen molar-refractivity contribution in [2.45, 2.75) is 19.6 Å². The third-order valence-electron chi connectivity index (χ3n) is 1.82. The van der Waals surface area contributed by atoms with Gasteiger partial charge in [0.15, 0.2) is 11.6 Å². The Bertz CT molecular complexity index is 382. The van der Waals surface area contributed by atoms with Gasteiger partial charge in [-0.15, -0.1) is 10.2 Å². The second-order valence-corrected chi connectivity index (χ2v) is 2.70. The molecule has 0 aromatic carbocycles. The second kappa shape index (κ2) is 3.97. The predicted octanol–water partition coefficient (Wildman–Crippen LogP) is -0.604. The molecule has 0 saturated heterocycles. The number of rotatable bonds is 4. The zero-order valence-electron chi connectivity index (χ0n) is 7.37. The fourth-order valence-corrected chi connectivity index (χ4v) is 1.11. The van der Waals surface area contributed by atoms with Crippen LogP contribution in [0.5, 0.6) is 0 Å². The molecule has 0 amide bonds. The Hall–Kier alpha value is -1.76. The summed E-state index contributed by atoms with van der Waals surface area (Å²) in [5.74, 6) is 1.16. The highest BCUT2D eigenvalue weighted by Gasteiger charge is 2.04. The summed E-state index contributed by atoms with van der Waals surface area (Å²) in [7, 11) is 0. The van der Waals surface area contributed by atoms with E-state index in [0.29, 0.717) is 24.6 Å². The molecule has 0 aliphatic carbocycles. The lowest BCUT2D eigenvalue weighted by Crippen LogP contribution is -2.06. The standard InChI is InChI=1S/C7H9N5O2/c13-3-7-10-9-4-12(7)2-1-6-8-5-14-11-6/h4-5,13H,1-3H2. The largest absolute Gasteiger partial charge is 0.388 e. The molecule has 0 saturated carbocycles. The lowest BCUT2D eigenvalue weighted by atomic mass is 10.4. The van der Waals surface area contributed by atoms with E-state index in [1.54, 1.807) is 10.9 Å². The van der Waals surface area contributed by atoms with Gasteiger partial charge in [0.25, 0.3) is 0 Å². The van der Waals surface area contributed by atoms with E-state index in [1.807, 2.05) is 0 Å². The molecule has 0 bridgehead atoms. The summed E-state index contributed by atoms with van der Waals surface area (Å²) in [6.45, 7) is 0.509. The number of aliphatic hydroxyl groups is 1. The van der Waals surface area contributed by atoms with Crippen LogP contribution in [0.1, 0.15) is 11.6 Å². The Morgan fingerprint density at radius 1 is 1.50 bits per heavy atom. The van der Waals surface area contributed by atoms with Crippen LogP contribution in [0.2, 0.25) is 0 Å². The van der Waals surface area contributed by atoms with Gasteiger partial charge in [0, 0.05) is 13.0 Å². The van der Waals surface area contributed by atoms with Crippen LogP contribution in [-0.2, 0) is 19.6 Å². The fourth-order valence-electron chi connectivity index (χ4n) is 1.11. The van der Waals surface area contributed by atoms with Crippen molar-refractivity contribution in [3.63, 3.8) is 0 Å². The molecule has 1 N–H and O–H groups in total. The summed E-state index contributed by atoms with van der Waals surface area (Å²) in [4.78, 5) is 3.88. The molecule has 74 valence electrons. The molecule has 7 nitrogen and oxygen atoms in total. The first kappa shape index (κ1) is 8.82. The van der Waals surface area contributed by atoms with Crippen molar-refractivity contribution in [2.75, 3.05) is 0 Å². The molecule has 0 radical (unpaired) electrons. The molecule has 0 spiro atoms. The minimum atomic E-state index is -0.119. The molecule has 0 unspecified atom stereocenters. The van der Waals surface area contributed by atoms with E-state index in [4.69, 9.17) is 5.11 Å². The fraction of sp³-hybridized carbons (Fsp3) is 0.429. The highest BCUT2D eigenvalue weighted by atomic mass is 16.5. The van der Waals surface area contributed by atoms with Crippen molar-refractivity contribution < 1.29 is 9.63 Å². The van der Waals surface area contributed by atoms with Crippen LogP contribution in [0, 0.1) is 0 Å². The molecule has 2 aromatic rings. The van der Waals surface area contributed by atoms with Crippen LogP contribution in [-0.4, -0.2) is 30.0 Å². The second-order valence-electron chi connectivity index (χ2n) is 2.70. The first-order valence-corrected chi connectivity index (χ1v) is 4.13. The maximum absolute atomic E-state index is 8.89. The van der Waals surface area contributed by atoms with Crippen LogP contribution >= 0.6 is 0 Å². The molecular weight excluding hydrogens is 186 g/mol. The van der Waals surface area contributed by atoms with Crippen molar-refractivity contribution in [2.24, 2.45) is 0 Å². The van der Waals surface area contributed by atoms with Crippen molar-refractivity contribution >= 4 is 0 Å². The van der Waals surface area contributed by atoms with Crippen molar-refractivity contribution in [1.82, 2.24) is 24.9 Å². The Balaban J connectivity index is 1.98. The molecular formula is C7H9N5O2. The van der Waals surface area contributed by atoms with Crippen molar-refractivity contribution in [1.29, 1.82) is 0 Å². The SMILES string of the molecule is OCc1nncn1CCc1ncon1. The summed E-state index contributed by atoms with van der Waals surface area (Å²) >= 11 is 0. The van der Waals surface area contributed by atoms with Gasteiger partial charge in [0.05, 0.1) is 0 Å². The maximum Gasteiger partial charge on any atom is 0.213 e. The third kappa shape index (κ3) is 1.77. The van der Waals surface area contributed by atoms with E-state index in [2.05, 4.69) is 24.9 Å². The topological polar surface area (TPSA) is 89.9 Å². The average Bonchev–Trinajstić information content (AvgIpc) is 2.85. The number of hydrogen-bond acceptors (Lipinski definition) is 6. The molecule has 0 fully saturated rings. The predicted molar refractivity (Wildman–Crippen MR) is 43.9 cm³/mol. The number of aromatic nitrogens is 5. The van der Waals surface area contributed by atoms with Gasteiger partial charge in [0.1, 0.15) is 12.9 Å². The molecule has 0 aliphatic rings. The monoisotopic (exact) mass is 195 g/mol. The first-order chi connectivity index (χ1) is 6.90. The van der Waals surface area contributed by atoms with E-state index >= 15 is 0 Å². The summed E-state index contributed by atoms with van der Waals surface area (Å²) in [5.41, 5.74) is 0. The number of hydrogen-bond donors (Lipinski definition) is 1. The zero-order chi connectivity index (χ0) is 9.80. The molecule has 0 aliphatic heterocycles. The van der Waals surface area contributed by atoms with E-state index in [1.165, 1.54) is 6.39 Å². The van der Waals surface area contributed by atoms with Crippen molar-refractivity contribution in [3.05, 3.63) is 24.4 Å². The average molecular weight is 195 g/mol. The summed E-state index contributed by atoms with van der Waals surface area (Å²) in [6.07, 6.45) is 3.47. The summed E-state index contributed by atoms with van der Waals surface area (Å²) in [5, 5.41) is 20.0. The normalized spacial score (nSPS) is 10.6. The Labute approximate surface area is 79.4 Å². The summed E-state index contributed by atoms with van der Waals surface area (Å²) < 4.78 is 6.34. The molecule has 7 heteroatoms. The van der Waals surface area contributed by atoms with Crippen LogP contribution < -0.4 is 0 Å². The lowest BCUT2D eigenvalue weighted by molar-refractivity contribution is 0.264. The first-order valence-electron chi connectivity index (χ1n) is 4.13. The smallest absolute Gasteiger partial charge is 0.213 e. The highest BCUT2D eigenvalue weighted by Crippen LogP contribution is 1.98. The molecule has 2 heterocycles. The molecule has 0 atom stereocenters. The van der Waals surface area contributed by atoms with Crippen molar-refractivity contribution in [3.8, 4) is 0 Å². The van der Waals surface area contributed by atoms with Gasteiger partial charge < -0.3 is 14.2 Å². The van der Waals surface area contributed by atoms with Gasteiger partial charge in [-0.1, -0.05) is 5.16 Å². The number of aryl methyl sites for hydroxylation is 2. The van der Waals surface area contributed by atoms with Gasteiger partial charge in [-0.05, 0) is 0 Å². The van der Waals surface area contributed by atoms with Gasteiger partial charge in [0.2, 0.25) is 6.39 Å². The highest BCUT2D eigenvalue weighted by molar-refractivity contribution is 4.85. The maximum atomic E-state index is 8.89. The van der Waals surface area contributed by atoms with Crippen LogP contribution in [0.4, 0.5) is 0 Å². The third-order valence-corrected chi connectivity index (χ3v) is 1.82. The Morgan fingerprint density at radius 3 is 3.14 bits per heavy atom. The number of nitrogens with zero attached hydrogens (tertiary/aromatic N) is 5. The van der Waals surface area contributed by atoms with Crippen LogP contribution in [0.25, 0.3) is 0 Å². The minimum Gasteiger partial charge on any atom is -0.388 e. The van der Waals surface area contributed by atoms with E-state index in [-0.39, 0.29) is 6.61 Å². The molecule has 2 rings (SSSR count). The number of aliphatic hydroxyl groups excluding tert-OH is 1. The van der Waals surface area contributed by atoms with E-state index in [9.17, 15) is 0 Å². The van der Waals surface area contributed by atoms with Gasteiger partial charge in [-0.25, -0.2) is 0 Å².